The Bertz CT molecular complexity index is 1450. The number of nitrogens with one attached hydrogen (secondary N) is 2. The van der Waals surface area contributed by atoms with Crippen LogP contribution in [0.3, 0.4) is 0 Å². The number of carbonyl (C=O) groups excluding carboxylic acids is 2. The summed E-state index contributed by atoms with van der Waals surface area (Å²) in [5.74, 6) is 0.501. The van der Waals surface area contributed by atoms with E-state index in [0.29, 0.717) is 57.1 Å². The lowest BCUT2D eigenvalue weighted by Crippen LogP contribution is -2.56. The summed E-state index contributed by atoms with van der Waals surface area (Å²) in [5.41, 5.74) is 3.59. The Balaban J connectivity index is 1.12. The van der Waals surface area contributed by atoms with Gasteiger partial charge in [-0.15, -0.1) is 0 Å². The van der Waals surface area contributed by atoms with Crippen LogP contribution in [0.5, 0.6) is 5.75 Å². The Morgan fingerprint density at radius 3 is 2.83 bits per heavy atom. The van der Waals surface area contributed by atoms with Gasteiger partial charge >= 0.3 is 0 Å². The minimum atomic E-state index is -0.621. The van der Waals surface area contributed by atoms with E-state index in [1.165, 1.54) is 4.90 Å². The molecule has 40 heavy (non-hydrogen) atoms. The van der Waals surface area contributed by atoms with Gasteiger partial charge in [0.1, 0.15) is 12.3 Å². The van der Waals surface area contributed by atoms with Crippen LogP contribution < -0.4 is 15.4 Å². The minimum absolute atomic E-state index is 0.139. The zero-order valence-electron chi connectivity index (χ0n) is 22.0. The van der Waals surface area contributed by atoms with Crippen LogP contribution in [0.1, 0.15) is 40.4 Å². The molecule has 208 valence electrons. The number of nitrogens with zero attached hydrogens (tertiary/aromatic N) is 3. The quantitative estimate of drug-likeness (QED) is 0.362. The second-order valence-electron chi connectivity index (χ2n) is 10.7. The van der Waals surface area contributed by atoms with Crippen LogP contribution in [-0.2, 0) is 16.1 Å². The highest BCUT2D eigenvalue weighted by molar-refractivity contribution is 6.33. The lowest BCUT2D eigenvalue weighted by Gasteiger charge is -2.53. The van der Waals surface area contributed by atoms with E-state index in [1.807, 2.05) is 12.1 Å². The van der Waals surface area contributed by atoms with Gasteiger partial charge in [-0.3, -0.25) is 9.59 Å². The van der Waals surface area contributed by atoms with Gasteiger partial charge in [0.15, 0.2) is 0 Å². The van der Waals surface area contributed by atoms with Gasteiger partial charge in [0.2, 0.25) is 11.9 Å². The van der Waals surface area contributed by atoms with Gasteiger partial charge in [-0.25, -0.2) is 9.97 Å². The second kappa shape index (κ2) is 10.7. The van der Waals surface area contributed by atoms with Crippen LogP contribution >= 0.6 is 11.6 Å². The first-order chi connectivity index (χ1) is 19.4. The number of fused-ring (bicyclic) bond motifs is 1. The highest BCUT2D eigenvalue weighted by atomic mass is 35.5. The molecule has 2 amide bonds. The molecule has 1 aromatic heterocycles. The Labute approximate surface area is 236 Å². The molecule has 2 aliphatic heterocycles. The van der Waals surface area contributed by atoms with Crippen molar-refractivity contribution >= 4 is 29.4 Å². The maximum absolute atomic E-state index is 13.3. The molecule has 3 heterocycles. The van der Waals surface area contributed by atoms with E-state index in [2.05, 4.69) is 20.6 Å². The SMILES string of the molecule is COc1cccc(C(CO)NC(=O)CN2Cc3ccc(-c4nc(NC5CC6(COC6)C5)ncc4Cl)cc3C2=O)c1. The molecule has 6 rings (SSSR count). The van der Waals surface area contributed by atoms with Crippen molar-refractivity contribution in [3.8, 4) is 17.0 Å². The predicted octanol–water partition coefficient (Wildman–Crippen LogP) is 3.20. The van der Waals surface area contributed by atoms with Gasteiger partial charge in [-0.1, -0.05) is 35.9 Å². The highest BCUT2D eigenvalue weighted by Crippen LogP contribution is 2.47. The van der Waals surface area contributed by atoms with E-state index in [9.17, 15) is 14.7 Å². The van der Waals surface area contributed by atoms with Crippen LogP contribution in [-0.4, -0.2) is 71.3 Å². The van der Waals surface area contributed by atoms with Crippen molar-refractivity contribution in [2.45, 2.75) is 31.5 Å². The van der Waals surface area contributed by atoms with Crippen molar-refractivity contribution in [2.24, 2.45) is 5.41 Å². The fraction of sp³-hybridized carbons (Fsp3) is 0.379. The summed E-state index contributed by atoms with van der Waals surface area (Å²) >= 11 is 6.46. The molecule has 0 radical (unpaired) electrons. The van der Waals surface area contributed by atoms with Crippen molar-refractivity contribution < 1.29 is 24.2 Å². The molecule has 2 aromatic carbocycles. The molecule has 1 saturated carbocycles. The van der Waals surface area contributed by atoms with Crippen LogP contribution in [0.15, 0.2) is 48.7 Å². The number of anilines is 1. The van der Waals surface area contributed by atoms with Gasteiger partial charge in [-0.2, -0.15) is 0 Å². The van der Waals surface area contributed by atoms with Crippen LogP contribution in [0.2, 0.25) is 5.02 Å². The molecule has 3 aliphatic rings. The third kappa shape index (κ3) is 5.10. The summed E-state index contributed by atoms with van der Waals surface area (Å²) < 4.78 is 10.6. The van der Waals surface area contributed by atoms with Crippen LogP contribution in [0.4, 0.5) is 5.95 Å². The normalized spacial score (nSPS) is 18.1. The first kappa shape index (κ1) is 26.5. The van der Waals surface area contributed by atoms with Gasteiger partial charge in [0, 0.05) is 29.1 Å². The third-order valence-electron chi connectivity index (χ3n) is 7.86. The molecule has 3 N–H and O–H groups in total. The predicted molar refractivity (Wildman–Crippen MR) is 148 cm³/mol. The van der Waals surface area contributed by atoms with E-state index < -0.39 is 6.04 Å². The molecule has 1 saturated heterocycles. The van der Waals surface area contributed by atoms with Gasteiger partial charge in [0.05, 0.1) is 49.9 Å². The number of aliphatic hydroxyl groups excluding tert-OH is 1. The Morgan fingerprint density at radius 1 is 1.27 bits per heavy atom. The molecule has 3 aromatic rings. The summed E-state index contributed by atoms with van der Waals surface area (Å²) in [5, 5.41) is 16.4. The first-order valence-corrected chi connectivity index (χ1v) is 13.6. The number of benzene rings is 2. The molecular weight excluding hydrogens is 534 g/mol. The van der Waals surface area contributed by atoms with E-state index in [0.717, 1.165) is 31.6 Å². The average molecular weight is 564 g/mol. The van der Waals surface area contributed by atoms with Gasteiger partial charge < -0.3 is 30.1 Å². The standard InChI is InChI=1S/C29H30ClN5O5/c1-39-21-4-2-3-17(7-21)24(14-36)33-25(37)13-35-12-19-6-5-18(8-22(19)27(35)38)26-23(30)11-31-28(34-26)32-20-9-29(10-20)15-40-16-29/h2-8,11,20,24,36H,9-10,12-16H2,1H3,(H,33,37)(H,31,32,34). The number of halogens is 1. The molecule has 1 spiro atoms. The number of carbonyl (C=O) groups is 2. The number of methoxy groups -OCH3 is 1. The van der Waals surface area contributed by atoms with Crippen LogP contribution in [0.25, 0.3) is 11.3 Å². The van der Waals surface area contributed by atoms with Crippen molar-refractivity contribution in [3.63, 3.8) is 0 Å². The maximum atomic E-state index is 13.3. The van der Waals surface area contributed by atoms with Crippen molar-refractivity contribution in [2.75, 3.05) is 38.8 Å². The van der Waals surface area contributed by atoms with Gasteiger partial charge in [0.25, 0.3) is 5.91 Å². The second-order valence-corrected chi connectivity index (χ2v) is 11.2. The van der Waals surface area contributed by atoms with E-state index in [1.54, 1.807) is 43.6 Å². The minimum Gasteiger partial charge on any atom is -0.497 e. The van der Waals surface area contributed by atoms with Crippen molar-refractivity contribution in [3.05, 3.63) is 70.4 Å². The number of aromatic nitrogens is 2. The monoisotopic (exact) mass is 563 g/mol. The van der Waals surface area contributed by atoms with E-state index in [4.69, 9.17) is 21.1 Å². The molecule has 1 aliphatic carbocycles. The number of hydrogen-bond acceptors (Lipinski definition) is 8. The fourth-order valence-corrected chi connectivity index (χ4v) is 5.88. The molecule has 11 heteroatoms. The number of ether oxygens (including phenoxy) is 2. The van der Waals surface area contributed by atoms with Crippen molar-refractivity contribution in [1.29, 1.82) is 0 Å². The summed E-state index contributed by atoms with van der Waals surface area (Å²) in [6.45, 7) is 1.53. The lowest BCUT2D eigenvalue weighted by molar-refractivity contribution is -0.160. The topological polar surface area (TPSA) is 126 Å². The van der Waals surface area contributed by atoms with Gasteiger partial charge in [-0.05, 0) is 42.2 Å². The zero-order valence-corrected chi connectivity index (χ0v) is 22.8. The van der Waals surface area contributed by atoms with Crippen LogP contribution in [0, 0.1) is 5.41 Å². The molecule has 0 bridgehead atoms. The maximum Gasteiger partial charge on any atom is 0.254 e. The third-order valence-corrected chi connectivity index (χ3v) is 8.14. The fourth-order valence-electron chi connectivity index (χ4n) is 5.68. The highest BCUT2D eigenvalue weighted by Gasteiger charge is 2.50. The van der Waals surface area contributed by atoms with E-state index >= 15 is 0 Å². The molecule has 1 unspecified atom stereocenters. The summed E-state index contributed by atoms with van der Waals surface area (Å²) in [4.78, 5) is 36.6. The smallest absolute Gasteiger partial charge is 0.254 e. The first-order valence-electron chi connectivity index (χ1n) is 13.2. The molecular formula is C29H30ClN5O5. The van der Waals surface area contributed by atoms with E-state index in [-0.39, 0.29) is 25.0 Å². The summed E-state index contributed by atoms with van der Waals surface area (Å²) in [6.07, 6.45) is 3.63. The largest absolute Gasteiger partial charge is 0.497 e. The summed E-state index contributed by atoms with van der Waals surface area (Å²) in [7, 11) is 1.55. The Hall–Kier alpha value is -3.73. The number of aliphatic hydroxyl groups is 1. The molecule has 2 fully saturated rings. The Kier molecular flexibility index (Phi) is 7.07. The molecule has 10 nitrogen and oxygen atoms in total. The van der Waals surface area contributed by atoms with Crippen molar-refractivity contribution in [1.82, 2.24) is 20.2 Å². The lowest BCUT2D eigenvalue weighted by atomic mass is 9.64. The zero-order chi connectivity index (χ0) is 27.9. The number of amides is 2. The summed E-state index contributed by atoms with van der Waals surface area (Å²) in [6, 6.07) is 12.3. The number of rotatable bonds is 9. The average Bonchev–Trinajstić information content (AvgIpc) is 3.22. The molecule has 1 atom stereocenters. The Morgan fingerprint density at radius 2 is 2.10 bits per heavy atom. The number of hydrogen-bond donors (Lipinski definition) is 3.